The van der Waals surface area contributed by atoms with Crippen molar-refractivity contribution in [1.29, 1.82) is 0 Å². The number of hydrogen-bond donors (Lipinski definition) is 2. The molecule has 0 atom stereocenters. The second-order valence-corrected chi connectivity index (χ2v) is 7.56. The van der Waals surface area contributed by atoms with Crippen LogP contribution in [0, 0.1) is 6.92 Å². The zero-order valence-electron chi connectivity index (χ0n) is 11.0. The number of primary sulfonamides is 1. The number of sulfonamides is 2. The van der Waals surface area contributed by atoms with E-state index in [9.17, 15) is 16.8 Å². The van der Waals surface area contributed by atoms with E-state index in [0.717, 1.165) is 0 Å². The first-order chi connectivity index (χ1) is 9.70. The molecule has 0 unspecified atom stereocenters. The van der Waals surface area contributed by atoms with Gasteiger partial charge >= 0.3 is 0 Å². The summed E-state index contributed by atoms with van der Waals surface area (Å²) < 4.78 is 49.3. The van der Waals surface area contributed by atoms with Gasteiger partial charge in [-0.25, -0.2) is 22.0 Å². The first-order valence-electron chi connectivity index (χ1n) is 5.76. The largest absolute Gasteiger partial charge is 0.279 e. The first kappa shape index (κ1) is 15.4. The van der Waals surface area contributed by atoms with Crippen LogP contribution in [0.1, 0.15) is 5.56 Å². The SMILES string of the molecule is Cc1ccc(S(N)(=O)=O)cc1NS(=O)(=O)c1cccnc1. The minimum absolute atomic E-state index is 0.0228. The van der Waals surface area contributed by atoms with Crippen LogP contribution in [0.5, 0.6) is 0 Å². The summed E-state index contributed by atoms with van der Waals surface area (Å²) in [6.45, 7) is 1.65. The van der Waals surface area contributed by atoms with Gasteiger partial charge in [0.1, 0.15) is 4.90 Å². The van der Waals surface area contributed by atoms with Gasteiger partial charge in [-0.2, -0.15) is 0 Å². The molecule has 1 aromatic carbocycles. The molecule has 0 spiro atoms. The lowest BCUT2D eigenvalue weighted by Crippen LogP contribution is -2.16. The van der Waals surface area contributed by atoms with Gasteiger partial charge in [0.15, 0.2) is 0 Å². The Hall–Kier alpha value is -1.97. The Morgan fingerprint density at radius 1 is 1.10 bits per heavy atom. The van der Waals surface area contributed by atoms with Crippen molar-refractivity contribution in [2.75, 3.05) is 4.72 Å². The summed E-state index contributed by atoms with van der Waals surface area (Å²) >= 11 is 0. The molecule has 0 saturated carbocycles. The van der Waals surface area contributed by atoms with E-state index in [1.165, 1.54) is 42.7 Å². The monoisotopic (exact) mass is 327 g/mol. The van der Waals surface area contributed by atoms with Crippen molar-refractivity contribution in [2.45, 2.75) is 16.7 Å². The van der Waals surface area contributed by atoms with Gasteiger partial charge in [-0.1, -0.05) is 6.07 Å². The zero-order chi connectivity index (χ0) is 15.7. The van der Waals surface area contributed by atoms with E-state index in [2.05, 4.69) is 9.71 Å². The highest BCUT2D eigenvalue weighted by atomic mass is 32.2. The van der Waals surface area contributed by atoms with E-state index >= 15 is 0 Å². The molecule has 2 aromatic rings. The predicted octanol–water partition coefficient (Wildman–Crippen LogP) is 0.838. The summed E-state index contributed by atoms with van der Waals surface area (Å²) in [4.78, 5) is 3.54. The number of benzene rings is 1. The molecular formula is C12H13N3O4S2. The van der Waals surface area contributed by atoms with E-state index in [1.54, 1.807) is 6.92 Å². The van der Waals surface area contributed by atoms with Crippen LogP contribution in [-0.2, 0) is 20.0 Å². The molecule has 7 nitrogen and oxygen atoms in total. The standard InChI is InChI=1S/C12H13N3O4S2/c1-9-4-5-10(20(13,16)17)7-12(9)15-21(18,19)11-3-2-6-14-8-11/h2-8,15H,1H3,(H2,13,16,17). The van der Waals surface area contributed by atoms with Gasteiger partial charge in [0, 0.05) is 12.4 Å². The molecule has 3 N–H and O–H groups in total. The molecule has 2 rings (SSSR count). The van der Waals surface area contributed by atoms with Gasteiger partial charge in [0.25, 0.3) is 10.0 Å². The topological polar surface area (TPSA) is 119 Å². The molecule has 0 aliphatic rings. The van der Waals surface area contributed by atoms with Crippen molar-refractivity contribution in [1.82, 2.24) is 4.98 Å². The predicted molar refractivity (Wildman–Crippen MR) is 77.6 cm³/mol. The highest BCUT2D eigenvalue weighted by molar-refractivity contribution is 7.92. The van der Waals surface area contributed by atoms with Crippen LogP contribution in [-0.4, -0.2) is 21.8 Å². The molecule has 112 valence electrons. The van der Waals surface area contributed by atoms with Crippen LogP contribution in [0.2, 0.25) is 0 Å². The lowest BCUT2D eigenvalue weighted by atomic mass is 10.2. The quantitative estimate of drug-likeness (QED) is 0.862. The van der Waals surface area contributed by atoms with Gasteiger partial charge in [0.05, 0.1) is 10.6 Å². The van der Waals surface area contributed by atoms with Gasteiger partial charge in [-0.15, -0.1) is 0 Å². The molecule has 1 heterocycles. The summed E-state index contributed by atoms with van der Waals surface area (Å²) in [7, 11) is -7.76. The van der Waals surface area contributed by atoms with Gasteiger partial charge in [-0.3, -0.25) is 9.71 Å². The number of nitrogens with one attached hydrogen (secondary N) is 1. The number of aryl methyl sites for hydroxylation is 1. The number of hydrogen-bond acceptors (Lipinski definition) is 5. The van der Waals surface area contributed by atoms with E-state index < -0.39 is 20.0 Å². The Bertz CT molecular complexity index is 863. The Morgan fingerprint density at radius 3 is 2.38 bits per heavy atom. The van der Waals surface area contributed by atoms with Crippen molar-refractivity contribution < 1.29 is 16.8 Å². The maximum Gasteiger partial charge on any atom is 0.263 e. The van der Waals surface area contributed by atoms with Crippen molar-refractivity contribution in [3.05, 3.63) is 48.3 Å². The number of pyridine rings is 1. The molecule has 9 heteroatoms. The molecule has 0 saturated heterocycles. The lowest BCUT2D eigenvalue weighted by molar-refractivity contribution is 0.596. The number of anilines is 1. The Kier molecular flexibility index (Phi) is 3.99. The summed E-state index contributed by atoms with van der Waals surface area (Å²) in [5.74, 6) is 0. The molecule has 0 fully saturated rings. The second-order valence-electron chi connectivity index (χ2n) is 4.32. The van der Waals surface area contributed by atoms with Crippen LogP contribution in [0.15, 0.2) is 52.5 Å². The second kappa shape index (κ2) is 5.43. The molecule has 0 radical (unpaired) electrons. The summed E-state index contributed by atoms with van der Waals surface area (Å²) in [5, 5.41) is 5.04. The fraction of sp³-hybridized carbons (Fsp3) is 0.0833. The van der Waals surface area contributed by atoms with Crippen LogP contribution < -0.4 is 9.86 Å². The number of aromatic nitrogens is 1. The number of nitrogens with two attached hydrogens (primary N) is 1. The van der Waals surface area contributed by atoms with Crippen molar-refractivity contribution in [3.8, 4) is 0 Å². The summed E-state index contributed by atoms with van der Waals surface area (Å²) in [5.41, 5.74) is 0.709. The Labute approximate surface area is 122 Å². The lowest BCUT2D eigenvalue weighted by Gasteiger charge is -2.11. The molecule has 1 aromatic heterocycles. The molecular weight excluding hydrogens is 314 g/mol. The van der Waals surface area contributed by atoms with Gasteiger partial charge < -0.3 is 0 Å². The summed E-state index contributed by atoms with van der Waals surface area (Å²) in [6.07, 6.45) is 2.65. The fourth-order valence-electron chi connectivity index (χ4n) is 1.60. The van der Waals surface area contributed by atoms with Crippen LogP contribution >= 0.6 is 0 Å². The number of rotatable bonds is 4. The average molecular weight is 327 g/mol. The third-order valence-electron chi connectivity index (χ3n) is 2.73. The van der Waals surface area contributed by atoms with Crippen molar-refractivity contribution >= 4 is 25.7 Å². The van der Waals surface area contributed by atoms with Crippen LogP contribution in [0.4, 0.5) is 5.69 Å². The number of nitrogens with zero attached hydrogens (tertiary/aromatic N) is 1. The van der Waals surface area contributed by atoms with E-state index in [-0.39, 0.29) is 15.5 Å². The minimum atomic E-state index is -3.91. The Morgan fingerprint density at radius 2 is 1.81 bits per heavy atom. The molecule has 21 heavy (non-hydrogen) atoms. The molecule has 0 aliphatic carbocycles. The third-order valence-corrected chi connectivity index (χ3v) is 4.99. The molecule has 0 aliphatic heterocycles. The third kappa shape index (κ3) is 3.57. The van der Waals surface area contributed by atoms with E-state index in [1.807, 2.05) is 0 Å². The van der Waals surface area contributed by atoms with E-state index in [4.69, 9.17) is 5.14 Å². The maximum absolute atomic E-state index is 12.2. The highest BCUT2D eigenvalue weighted by Gasteiger charge is 2.17. The Balaban J connectivity index is 2.45. The molecule has 0 bridgehead atoms. The highest BCUT2D eigenvalue weighted by Crippen LogP contribution is 2.22. The van der Waals surface area contributed by atoms with E-state index in [0.29, 0.717) is 5.56 Å². The zero-order valence-corrected chi connectivity index (χ0v) is 12.6. The van der Waals surface area contributed by atoms with Crippen molar-refractivity contribution in [2.24, 2.45) is 5.14 Å². The van der Waals surface area contributed by atoms with Crippen LogP contribution in [0.3, 0.4) is 0 Å². The maximum atomic E-state index is 12.2. The van der Waals surface area contributed by atoms with Gasteiger partial charge in [0.2, 0.25) is 10.0 Å². The molecule has 0 amide bonds. The average Bonchev–Trinajstić information content (AvgIpc) is 2.41. The fourth-order valence-corrected chi connectivity index (χ4v) is 3.22. The normalized spacial score (nSPS) is 12.1. The minimum Gasteiger partial charge on any atom is -0.279 e. The van der Waals surface area contributed by atoms with Gasteiger partial charge in [-0.05, 0) is 36.8 Å². The first-order valence-corrected chi connectivity index (χ1v) is 8.79. The summed E-state index contributed by atoms with van der Waals surface area (Å²) in [6, 6.07) is 6.84. The smallest absolute Gasteiger partial charge is 0.263 e. The van der Waals surface area contributed by atoms with Crippen LogP contribution in [0.25, 0.3) is 0 Å². The van der Waals surface area contributed by atoms with Crippen molar-refractivity contribution in [3.63, 3.8) is 0 Å².